The Bertz CT molecular complexity index is 305. The lowest BCUT2D eigenvalue weighted by Crippen LogP contribution is -2.28. The maximum Gasteiger partial charge on any atom is 0.115 e. The molecule has 0 amide bonds. The van der Waals surface area contributed by atoms with Crippen molar-refractivity contribution < 1.29 is 9.84 Å². The van der Waals surface area contributed by atoms with Crippen LogP contribution in [-0.4, -0.2) is 24.8 Å². The summed E-state index contributed by atoms with van der Waals surface area (Å²) in [7, 11) is 1.68. The SMILES string of the molecule is COC(CNC(C)C)c1cccc(O)c1.Cl. The summed E-state index contributed by atoms with van der Waals surface area (Å²) >= 11 is 0. The van der Waals surface area contributed by atoms with E-state index in [0.29, 0.717) is 6.04 Å². The van der Waals surface area contributed by atoms with Gasteiger partial charge in [-0.3, -0.25) is 0 Å². The van der Waals surface area contributed by atoms with Gasteiger partial charge in [-0.15, -0.1) is 12.4 Å². The molecule has 0 fully saturated rings. The smallest absolute Gasteiger partial charge is 0.115 e. The van der Waals surface area contributed by atoms with Crippen molar-refractivity contribution in [1.82, 2.24) is 5.32 Å². The largest absolute Gasteiger partial charge is 0.508 e. The van der Waals surface area contributed by atoms with Crippen molar-refractivity contribution in [2.75, 3.05) is 13.7 Å². The van der Waals surface area contributed by atoms with Crippen LogP contribution in [0.2, 0.25) is 0 Å². The van der Waals surface area contributed by atoms with Gasteiger partial charge in [0.15, 0.2) is 0 Å². The molecule has 4 heteroatoms. The first kappa shape index (κ1) is 15.2. The number of benzene rings is 1. The summed E-state index contributed by atoms with van der Waals surface area (Å²) in [5.74, 6) is 0.277. The Kier molecular flexibility index (Phi) is 7.13. The van der Waals surface area contributed by atoms with E-state index in [1.54, 1.807) is 19.2 Å². The van der Waals surface area contributed by atoms with E-state index in [2.05, 4.69) is 19.2 Å². The molecule has 0 bridgehead atoms. The summed E-state index contributed by atoms with van der Waals surface area (Å²) in [5, 5.41) is 12.7. The molecule has 1 aromatic carbocycles. The maximum absolute atomic E-state index is 9.36. The first-order valence-corrected chi connectivity index (χ1v) is 5.18. The summed E-state index contributed by atoms with van der Waals surface area (Å²) in [6.07, 6.45) is -0.0144. The van der Waals surface area contributed by atoms with E-state index in [0.717, 1.165) is 12.1 Å². The number of phenolic OH excluding ortho intramolecular Hbond substituents is 1. The highest BCUT2D eigenvalue weighted by molar-refractivity contribution is 5.85. The molecule has 0 heterocycles. The fourth-order valence-electron chi connectivity index (χ4n) is 1.41. The van der Waals surface area contributed by atoms with Crippen LogP contribution in [-0.2, 0) is 4.74 Å². The van der Waals surface area contributed by atoms with Gasteiger partial charge >= 0.3 is 0 Å². The van der Waals surface area contributed by atoms with Crippen LogP contribution in [0.3, 0.4) is 0 Å². The van der Waals surface area contributed by atoms with Gasteiger partial charge in [0.05, 0.1) is 6.10 Å². The van der Waals surface area contributed by atoms with Crippen LogP contribution in [0.1, 0.15) is 25.5 Å². The van der Waals surface area contributed by atoms with Crippen molar-refractivity contribution in [3.63, 3.8) is 0 Å². The molecule has 3 nitrogen and oxygen atoms in total. The van der Waals surface area contributed by atoms with Gasteiger partial charge in [-0.05, 0) is 17.7 Å². The normalized spacial score (nSPS) is 12.2. The Morgan fingerprint density at radius 1 is 1.38 bits per heavy atom. The van der Waals surface area contributed by atoms with Crippen molar-refractivity contribution in [3.05, 3.63) is 29.8 Å². The molecule has 1 atom stereocenters. The topological polar surface area (TPSA) is 41.5 Å². The van der Waals surface area contributed by atoms with Gasteiger partial charge in [0.1, 0.15) is 5.75 Å². The zero-order valence-electron chi connectivity index (χ0n) is 9.93. The molecule has 92 valence electrons. The van der Waals surface area contributed by atoms with E-state index in [1.807, 2.05) is 12.1 Å². The van der Waals surface area contributed by atoms with Gasteiger partial charge in [-0.2, -0.15) is 0 Å². The molecule has 0 aromatic heterocycles. The second-order valence-corrected chi connectivity index (χ2v) is 3.88. The quantitative estimate of drug-likeness (QED) is 0.838. The lowest BCUT2D eigenvalue weighted by Gasteiger charge is -2.18. The summed E-state index contributed by atoms with van der Waals surface area (Å²) in [4.78, 5) is 0. The minimum Gasteiger partial charge on any atom is -0.508 e. The Morgan fingerprint density at radius 3 is 2.56 bits per heavy atom. The van der Waals surface area contributed by atoms with E-state index >= 15 is 0 Å². The number of hydrogen-bond donors (Lipinski definition) is 2. The monoisotopic (exact) mass is 245 g/mol. The Hall–Kier alpha value is -0.770. The molecule has 1 aromatic rings. The molecular formula is C12H20ClNO2. The molecule has 2 N–H and O–H groups in total. The first-order valence-electron chi connectivity index (χ1n) is 5.18. The average molecular weight is 246 g/mol. The predicted molar refractivity (Wildman–Crippen MR) is 68.2 cm³/mol. The third-order valence-corrected chi connectivity index (χ3v) is 2.24. The number of phenols is 1. The third kappa shape index (κ3) is 4.84. The van der Waals surface area contributed by atoms with Crippen molar-refractivity contribution in [2.24, 2.45) is 0 Å². The van der Waals surface area contributed by atoms with Gasteiger partial charge in [0.25, 0.3) is 0 Å². The number of halogens is 1. The molecule has 0 saturated carbocycles. The van der Waals surface area contributed by atoms with Crippen molar-refractivity contribution in [1.29, 1.82) is 0 Å². The van der Waals surface area contributed by atoms with Crippen LogP contribution in [0.4, 0.5) is 0 Å². The highest BCUT2D eigenvalue weighted by atomic mass is 35.5. The Balaban J connectivity index is 0.00000225. The number of rotatable bonds is 5. The second kappa shape index (κ2) is 7.49. The Morgan fingerprint density at radius 2 is 2.06 bits per heavy atom. The van der Waals surface area contributed by atoms with E-state index in [4.69, 9.17) is 4.74 Å². The number of hydrogen-bond acceptors (Lipinski definition) is 3. The molecule has 0 saturated heterocycles. The van der Waals surface area contributed by atoms with Gasteiger partial charge in [0, 0.05) is 19.7 Å². The summed E-state index contributed by atoms with van der Waals surface area (Å²) < 4.78 is 5.37. The van der Waals surface area contributed by atoms with Crippen LogP contribution in [0.5, 0.6) is 5.75 Å². The molecule has 16 heavy (non-hydrogen) atoms. The fourth-order valence-corrected chi connectivity index (χ4v) is 1.41. The van der Waals surface area contributed by atoms with Crippen molar-refractivity contribution >= 4 is 12.4 Å². The molecule has 0 aliphatic carbocycles. The zero-order valence-corrected chi connectivity index (χ0v) is 10.8. The van der Waals surface area contributed by atoms with Crippen molar-refractivity contribution in [2.45, 2.75) is 26.0 Å². The van der Waals surface area contributed by atoms with Gasteiger partial charge in [-0.25, -0.2) is 0 Å². The highest BCUT2D eigenvalue weighted by Crippen LogP contribution is 2.20. The predicted octanol–water partition coefficient (Wildman–Crippen LogP) is 2.50. The number of nitrogens with one attached hydrogen (secondary N) is 1. The molecule has 0 aliphatic heterocycles. The number of aromatic hydroxyl groups is 1. The van der Waals surface area contributed by atoms with E-state index in [1.165, 1.54) is 0 Å². The van der Waals surface area contributed by atoms with Crippen molar-refractivity contribution in [3.8, 4) is 5.75 Å². The van der Waals surface area contributed by atoms with Gasteiger partial charge in [-0.1, -0.05) is 26.0 Å². The number of ether oxygens (including phenoxy) is 1. The summed E-state index contributed by atoms with van der Waals surface area (Å²) in [6, 6.07) is 7.60. The molecule has 1 rings (SSSR count). The lowest BCUT2D eigenvalue weighted by atomic mass is 10.1. The van der Waals surface area contributed by atoms with Crippen LogP contribution in [0.15, 0.2) is 24.3 Å². The Labute approximate surface area is 103 Å². The number of methoxy groups -OCH3 is 1. The summed E-state index contributed by atoms with van der Waals surface area (Å²) in [6.45, 7) is 4.93. The standard InChI is InChI=1S/C12H19NO2.ClH/c1-9(2)13-8-12(15-3)10-5-4-6-11(14)7-10;/h4-7,9,12-14H,8H2,1-3H3;1H. The molecule has 0 spiro atoms. The van der Waals surface area contributed by atoms with Crippen LogP contribution < -0.4 is 5.32 Å². The fraction of sp³-hybridized carbons (Fsp3) is 0.500. The van der Waals surface area contributed by atoms with E-state index in [-0.39, 0.29) is 24.3 Å². The minimum atomic E-state index is -0.0144. The minimum absolute atomic E-state index is 0. The zero-order chi connectivity index (χ0) is 11.3. The van der Waals surface area contributed by atoms with Crippen LogP contribution in [0, 0.1) is 0 Å². The first-order chi connectivity index (χ1) is 7.13. The average Bonchev–Trinajstić information content (AvgIpc) is 2.18. The van der Waals surface area contributed by atoms with Crippen LogP contribution >= 0.6 is 12.4 Å². The highest BCUT2D eigenvalue weighted by Gasteiger charge is 2.10. The van der Waals surface area contributed by atoms with E-state index in [9.17, 15) is 5.11 Å². The van der Waals surface area contributed by atoms with Gasteiger partial charge < -0.3 is 15.2 Å². The lowest BCUT2D eigenvalue weighted by molar-refractivity contribution is 0.100. The van der Waals surface area contributed by atoms with E-state index < -0.39 is 0 Å². The van der Waals surface area contributed by atoms with Crippen LogP contribution in [0.25, 0.3) is 0 Å². The molecule has 0 aliphatic rings. The second-order valence-electron chi connectivity index (χ2n) is 3.88. The molecule has 1 unspecified atom stereocenters. The maximum atomic E-state index is 9.36. The summed E-state index contributed by atoms with van der Waals surface area (Å²) in [5.41, 5.74) is 0.991. The molecule has 0 radical (unpaired) electrons. The third-order valence-electron chi connectivity index (χ3n) is 2.24. The molecular weight excluding hydrogens is 226 g/mol. The van der Waals surface area contributed by atoms with Gasteiger partial charge in [0.2, 0.25) is 0 Å².